The monoisotopic (exact) mass is 1280 g/mol. The van der Waals surface area contributed by atoms with E-state index in [1.165, 1.54) is 0 Å². The van der Waals surface area contributed by atoms with E-state index in [-0.39, 0.29) is 118 Å². The summed E-state index contributed by atoms with van der Waals surface area (Å²) in [6.45, 7) is 22.9. The Morgan fingerprint density at radius 2 is 0.573 bits per heavy atom. The molecule has 4 saturated carbocycles. The van der Waals surface area contributed by atoms with E-state index in [4.69, 9.17) is 24.1 Å². The van der Waals surface area contributed by atoms with E-state index in [0.717, 1.165) is 96.3 Å². The maximum Gasteiger partial charge on any atom is 0.408 e. The van der Waals surface area contributed by atoms with Crippen molar-refractivity contribution in [1.82, 2.24) is 21.3 Å². The van der Waals surface area contributed by atoms with Crippen LogP contribution in [-0.4, -0.2) is 121 Å². The highest BCUT2D eigenvalue weighted by atomic mass is 32.1. The van der Waals surface area contributed by atoms with Gasteiger partial charge in [0.2, 0.25) is 5.92 Å². The summed E-state index contributed by atoms with van der Waals surface area (Å²) in [6.07, 6.45) is 11.3. The van der Waals surface area contributed by atoms with Gasteiger partial charge in [-0.05, 0) is 164 Å². The highest BCUT2D eigenvalue weighted by molar-refractivity contribution is 7.60. The number of amides is 4. The Balaban J connectivity index is -0.000000229. The molecule has 82 heavy (non-hydrogen) atoms. The maximum absolute atomic E-state index is 13.1. The fourth-order valence-corrected chi connectivity index (χ4v) is 9.39. The molecule has 0 spiro atoms. The molecule has 0 aromatic heterocycles. The van der Waals surface area contributed by atoms with Gasteiger partial charge in [0.05, 0.1) is 0 Å². The predicted octanol–water partition coefficient (Wildman–Crippen LogP) is 12.3. The smallest absolute Gasteiger partial charge is 0.408 e. The highest BCUT2D eigenvalue weighted by Gasteiger charge is 2.41. The molecule has 0 heterocycles. The van der Waals surface area contributed by atoms with Gasteiger partial charge in [-0.1, -0.05) is 72.1 Å². The number of ether oxygens (including phenoxy) is 4. The third kappa shape index (κ3) is 40.8. The molecular formula is C55H108F2N4O16S5. The zero-order chi connectivity index (χ0) is 58.4. The van der Waals surface area contributed by atoms with Crippen molar-refractivity contribution in [2.45, 2.75) is 272 Å². The molecule has 4 atom stereocenters. The number of rotatable bonds is 12. The van der Waals surface area contributed by atoms with E-state index >= 15 is 0 Å². The number of carbonyl (C=O) groups is 8. The Morgan fingerprint density at radius 1 is 0.378 bits per heavy atom. The van der Waals surface area contributed by atoms with Gasteiger partial charge in [-0.15, -0.1) is 0 Å². The molecule has 0 aliphatic heterocycles. The molecule has 0 aromatic carbocycles. The number of hydrogen-bond donors (Lipinski definition) is 8. The molecule has 4 rings (SSSR count). The van der Waals surface area contributed by atoms with Crippen molar-refractivity contribution >= 4 is 116 Å². The van der Waals surface area contributed by atoms with Crippen molar-refractivity contribution < 1.29 is 86.5 Å². The van der Waals surface area contributed by atoms with E-state index in [2.05, 4.69) is 28.2 Å². The summed E-state index contributed by atoms with van der Waals surface area (Å²) in [5.74, 6) is -6.72. The normalized spacial score (nSPS) is 19.7. The van der Waals surface area contributed by atoms with Crippen molar-refractivity contribution in [2.75, 3.05) is 0 Å². The number of aliphatic carboxylic acids is 4. The minimum absolute atomic E-state index is 0. The van der Waals surface area contributed by atoms with E-state index in [9.17, 15) is 62.5 Å². The number of carbonyl (C=O) groups excluding carboxylic acids is 4. The van der Waals surface area contributed by atoms with Crippen LogP contribution >= 0.6 is 67.5 Å². The van der Waals surface area contributed by atoms with Gasteiger partial charge in [0.25, 0.3) is 0 Å². The van der Waals surface area contributed by atoms with Gasteiger partial charge in [-0.3, -0.25) is 0 Å². The summed E-state index contributed by atoms with van der Waals surface area (Å²) in [4.78, 5) is 91.7. The van der Waals surface area contributed by atoms with Crippen molar-refractivity contribution in [2.24, 2.45) is 29.6 Å². The van der Waals surface area contributed by atoms with Gasteiger partial charge >= 0.3 is 48.3 Å². The van der Waals surface area contributed by atoms with Crippen LogP contribution < -0.4 is 21.3 Å². The standard InChI is InChI=1S/2C14H25NO4.C13H21F2NO4.C13H23NO4.CH4.5H2S/c1-9-5-7-10(8-6-9)11(12(16)17)15-13(18)19-14(2,3)4;1-14(2,3)19-13(18)15-11(12(16)17)10-8-6-4-5-7-9-10;1-12(2,3)20-11(19)16-9(10(17)18)8-4-6-13(14,15)7-5-8;1-13(2,3)18-12(17)14-10(11(15)16)9-7-5-4-6-8-9;;;;;;/h9-11H,5-8H2,1-4H3,(H,15,18)(H,16,17);10-11H,4-9H2,1-3H3,(H,15,18)(H,16,17);8-9H,4-7H2,1-3H3,(H,16,19)(H,17,18);9-10H,4-8H2,1-3H3,(H,14,17)(H,15,16);1H4;5*1H2/t9?,10?,11-;11-;9-;10-;;;;;;/m0000....../s1. The summed E-state index contributed by atoms with van der Waals surface area (Å²) in [5.41, 5.74) is -2.59. The lowest BCUT2D eigenvalue weighted by atomic mass is 9.79. The molecule has 0 saturated heterocycles. The number of alkyl halides is 2. The Labute approximate surface area is 522 Å². The summed E-state index contributed by atoms with van der Waals surface area (Å²) in [7, 11) is 0. The zero-order valence-electron chi connectivity index (χ0n) is 50.1. The van der Waals surface area contributed by atoms with Crippen LogP contribution in [0.5, 0.6) is 0 Å². The molecule has 4 fully saturated rings. The average molecular weight is 1280 g/mol. The van der Waals surface area contributed by atoms with E-state index in [1.54, 1.807) is 83.1 Å². The second-order valence-electron chi connectivity index (χ2n) is 24.7. The first-order valence-corrected chi connectivity index (χ1v) is 27.0. The van der Waals surface area contributed by atoms with Crippen LogP contribution in [0.1, 0.15) is 219 Å². The number of hydrogen-bond acceptors (Lipinski definition) is 12. The molecular weight excluding hydrogens is 1170 g/mol. The Kier molecular flexibility index (Phi) is 45.5. The van der Waals surface area contributed by atoms with Gasteiger partial charge in [0.15, 0.2) is 0 Å². The van der Waals surface area contributed by atoms with Crippen molar-refractivity contribution in [1.29, 1.82) is 0 Å². The number of nitrogens with one attached hydrogen (secondary N) is 4. The molecule has 20 nitrogen and oxygen atoms in total. The van der Waals surface area contributed by atoms with Gasteiger partial charge < -0.3 is 60.6 Å². The predicted molar refractivity (Wildman–Crippen MR) is 338 cm³/mol. The molecule has 4 aliphatic carbocycles. The molecule has 8 N–H and O–H groups in total. The summed E-state index contributed by atoms with van der Waals surface area (Å²) < 4.78 is 46.5. The lowest BCUT2D eigenvalue weighted by molar-refractivity contribution is -0.143. The Morgan fingerprint density at radius 3 is 0.780 bits per heavy atom. The molecule has 4 amide bonds. The lowest BCUT2D eigenvalue weighted by Gasteiger charge is -2.32. The summed E-state index contributed by atoms with van der Waals surface area (Å²) >= 11 is 0. The molecule has 4 aliphatic rings. The third-order valence-corrected chi connectivity index (χ3v) is 13.0. The van der Waals surface area contributed by atoms with Crippen molar-refractivity contribution in [3.05, 3.63) is 0 Å². The van der Waals surface area contributed by atoms with Gasteiger partial charge in [0, 0.05) is 12.8 Å². The van der Waals surface area contributed by atoms with Crippen molar-refractivity contribution in [3.63, 3.8) is 0 Å². The molecule has 0 unspecified atom stereocenters. The Hall–Kier alpha value is -3.43. The molecule has 0 bridgehead atoms. The fourth-order valence-electron chi connectivity index (χ4n) is 9.39. The highest BCUT2D eigenvalue weighted by Crippen LogP contribution is 2.38. The lowest BCUT2D eigenvalue weighted by Crippen LogP contribution is -2.49. The van der Waals surface area contributed by atoms with Gasteiger partial charge in [-0.25, -0.2) is 47.1 Å². The van der Waals surface area contributed by atoms with Crippen LogP contribution in [0.3, 0.4) is 0 Å². The van der Waals surface area contributed by atoms with Crippen LogP contribution in [0.2, 0.25) is 0 Å². The first-order chi connectivity index (χ1) is 34.8. The average Bonchev–Trinajstić information content (AvgIpc) is 3.54. The number of alkyl carbamates (subject to hydrolysis) is 4. The maximum atomic E-state index is 13.1. The van der Waals surface area contributed by atoms with E-state index < -0.39 is 107 Å². The quantitative estimate of drug-likeness (QED) is 0.0665. The number of carboxylic acids is 4. The third-order valence-electron chi connectivity index (χ3n) is 13.0. The topological polar surface area (TPSA) is 303 Å². The van der Waals surface area contributed by atoms with Crippen LogP contribution in [0.25, 0.3) is 0 Å². The molecule has 27 heteroatoms. The second-order valence-corrected chi connectivity index (χ2v) is 24.7. The first kappa shape index (κ1) is 89.8. The molecule has 0 aromatic rings. The zero-order valence-corrected chi connectivity index (χ0v) is 55.1. The van der Waals surface area contributed by atoms with Gasteiger partial charge in [0.1, 0.15) is 46.6 Å². The largest absolute Gasteiger partial charge is 0.480 e. The minimum atomic E-state index is -2.73. The van der Waals surface area contributed by atoms with Crippen molar-refractivity contribution in [3.8, 4) is 0 Å². The summed E-state index contributed by atoms with van der Waals surface area (Å²) in [5, 5.41) is 46.7. The number of carboxylic acid groups (broad SMARTS) is 4. The molecule has 488 valence electrons. The number of halogens is 2. The molecule has 0 radical (unpaired) electrons. The van der Waals surface area contributed by atoms with Crippen LogP contribution in [0.4, 0.5) is 28.0 Å². The Bertz CT molecular complexity index is 1870. The fraction of sp³-hybridized carbons (Fsp3) is 0.855. The first-order valence-electron chi connectivity index (χ1n) is 27.0. The van der Waals surface area contributed by atoms with Gasteiger partial charge in [-0.2, -0.15) is 67.5 Å². The van der Waals surface area contributed by atoms with E-state index in [1.807, 2.05) is 0 Å². The van der Waals surface area contributed by atoms with Crippen LogP contribution in [-0.2, 0) is 38.1 Å². The summed E-state index contributed by atoms with van der Waals surface area (Å²) in [6, 6.07) is -3.71. The van der Waals surface area contributed by atoms with Crippen LogP contribution in [0.15, 0.2) is 0 Å². The van der Waals surface area contributed by atoms with Crippen LogP contribution in [0, 0.1) is 29.6 Å². The minimum Gasteiger partial charge on any atom is -0.480 e. The SMILES string of the molecule is C.CC(C)(C)OC(=O)N[C@H](C(=O)O)C1CCC(F)(F)CC1.CC(C)(C)OC(=O)N[C@H](C(=O)O)C1CCCCC1.CC(C)(C)OC(=O)N[C@H](C(=O)O)C1CCCCCC1.CC1CCC([C@H](NC(=O)OC(C)(C)C)C(=O)O)CC1.S.S.S.S.S. The van der Waals surface area contributed by atoms with E-state index in [0.29, 0.717) is 5.92 Å². The second kappa shape index (κ2) is 41.6.